The van der Waals surface area contributed by atoms with Gasteiger partial charge in [0.25, 0.3) is 5.56 Å². The maximum Gasteiger partial charge on any atom is 0.275 e. The third-order valence-corrected chi connectivity index (χ3v) is 7.41. The number of aliphatic hydroxyl groups excluding tert-OH is 1. The molecule has 32 heavy (non-hydrogen) atoms. The first kappa shape index (κ1) is 21.1. The highest BCUT2D eigenvalue weighted by atomic mass is 32.1. The van der Waals surface area contributed by atoms with Gasteiger partial charge in [-0.25, -0.2) is 9.37 Å². The molecule has 2 aliphatic heterocycles. The zero-order valence-corrected chi connectivity index (χ0v) is 18.7. The Morgan fingerprint density at radius 2 is 2.03 bits per heavy atom. The van der Waals surface area contributed by atoms with E-state index >= 15 is 0 Å². The number of fused-ring (bicyclic) bond motifs is 3. The van der Waals surface area contributed by atoms with Crippen LogP contribution in [0, 0.1) is 17.7 Å². The molecule has 1 aromatic carbocycles. The van der Waals surface area contributed by atoms with Crippen molar-refractivity contribution in [1.29, 1.82) is 0 Å². The van der Waals surface area contributed by atoms with Crippen LogP contribution in [-0.2, 0) is 0 Å². The Labute approximate surface area is 189 Å². The molecule has 0 amide bonds. The van der Waals surface area contributed by atoms with Crippen molar-refractivity contribution in [3.63, 3.8) is 0 Å². The minimum atomic E-state index is -0.760. The minimum Gasteiger partial charge on any atom is -0.490 e. The van der Waals surface area contributed by atoms with Gasteiger partial charge < -0.3 is 14.7 Å². The van der Waals surface area contributed by atoms with Gasteiger partial charge in [0.05, 0.1) is 16.1 Å². The molecule has 0 saturated carbocycles. The number of halogens is 1. The summed E-state index contributed by atoms with van der Waals surface area (Å²) in [5.74, 6) is 5.43. The molecule has 2 saturated heterocycles. The lowest BCUT2D eigenvalue weighted by Crippen LogP contribution is -2.43. The van der Waals surface area contributed by atoms with Gasteiger partial charge >= 0.3 is 0 Å². The SMILES string of the molecule is CC(O)C#Cc1cc2ncn(-c3ccc(OC4C[C@H]5CC[C@@H](C4)N5C)cc3F)c(=O)c2s1. The molecule has 166 valence electrons. The van der Waals surface area contributed by atoms with E-state index in [4.69, 9.17) is 4.74 Å². The third kappa shape index (κ3) is 3.92. The second-order valence-corrected chi connectivity index (χ2v) is 9.62. The number of nitrogens with zero attached hydrogens (tertiary/aromatic N) is 3. The second-order valence-electron chi connectivity index (χ2n) is 8.56. The van der Waals surface area contributed by atoms with E-state index in [0.29, 0.717) is 32.9 Å². The van der Waals surface area contributed by atoms with Crippen LogP contribution in [0.1, 0.15) is 37.5 Å². The monoisotopic (exact) mass is 453 g/mol. The van der Waals surface area contributed by atoms with Gasteiger partial charge in [0, 0.05) is 18.2 Å². The first-order valence-electron chi connectivity index (χ1n) is 10.8. The largest absolute Gasteiger partial charge is 0.490 e. The van der Waals surface area contributed by atoms with Gasteiger partial charge in [-0.15, -0.1) is 11.3 Å². The number of aliphatic hydroxyl groups is 1. The molecule has 0 aliphatic carbocycles. The fourth-order valence-electron chi connectivity index (χ4n) is 4.73. The zero-order chi connectivity index (χ0) is 22.4. The molecule has 6 nitrogen and oxygen atoms in total. The van der Waals surface area contributed by atoms with Crippen molar-refractivity contribution in [1.82, 2.24) is 14.5 Å². The van der Waals surface area contributed by atoms with Crippen molar-refractivity contribution in [3.8, 4) is 23.3 Å². The molecular formula is C24H24FN3O3S. The quantitative estimate of drug-likeness (QED) is 0.617. The molecule has 1 N–H and O–H groups in total. The van der Waals surface area contributed by atoms with Gasteiger partial charge in [0.1, 0.15) is 29.0 Å². The van der Waals surface area contributed by atoms with Crippen LogP contribution in [-0.4, -0.2) is 50.9 Å². The van der Waals surface area contributed by atoms with Crippen LogP contribution < -0.4 is 10.3 Å². The predicted molar refractivity (Wildman–Crippen MR) is 122 cm³/mol. The molecule has 2 aromatic heterocycles. The number of aromatic nitrogens is 2. The second kappa shape index (κ2) is 8.32. The highest BCUT2D eigenvalue weighted by Gasteiger charge is 2.39. The summed E-state index contributed by atoms with van der Waals surface area (Å²) in [5.41, 5.74) is 0.276. The fraction of sp³-hybridized carbons (Fsp3) is 0.417. The van der Waals surface area contributed by atoms with Crippen molar-refractivity contribution in [2.24, 2.45) is 0 Å². The Morgan fingerprint density at radius 3 is 2.72 bits per heavy atom. The van der Waals surface area contributed by atoms with E-state index in [1.807, 2.05) is 0 Å². The molecule has 4 atom stereocenters. The topological polar surface area (TPSA) is 67.6 Å². The molecule has 8 heteroatoms. The van der Waals surface area contributed by atoms with Crippen LogP contribution in [0.15, 0.2) is 35.4 Å². The van der Waals surface area contributed by atoms with Crippen LogP contribution >= 0.6 is 11.3 Å². The number of ether oxygens (including phenoxy) is 1. The van der Waals surface area contributed by atoms with Crippen LogP contribution in [0.4, 0.5) is 4.39 Å². The maximum atomic E-state index is 15.0. The molecule has 4 heterocycles. The van der Waals surface area contributed by atoms with E-state index in [9.17, 15) is 14.3 Å². The van der Waals surface area contributed by atoms with Crippen molar-refractivity contribution in [2.75, 3.05) is 7.05 Å². The van der Waals surface area contributed by atoms with Crippen molar-refractivity contribution in [3.05, 3.63) is 51.6 Å². The van der Waals surface area contributed by atoms with Crippen LogP contribution in [0.3, 0.4) is 0 Å². The van der Waals surface area contributed by atoms with E-state index in [-0.39, 0.29) is 17.4 Å². The van der Waals surface area contributed by atoms with Gasteiger partial charge in [-0.3, -0.25) is 9.36 Å². The molecule has 2 aliphatic rings. The average Bonchev–Trinajstić information content (AvgIpc) is 3.25. The summed E-state index contributed by atoms with van der Waals surface area (Å²) in [4.78, 5) is 20.3. The highest BCUT2D eigenvalue weighted by Crippen LogP contribution is 2.36. The Bertz CT molecular complexity index is 1280. The van der Waals surface area contributed by atoms with Gasteiger partial charge in [0.2, 0.25) is 0 Å². The smallest absolute Gasteiger partial charge is 0.275 e. The van der Waals surface area contributed by atoms with Crippen LogP contribution in [0.2, 0.25) is 0 Å². The Hall–Kier alpha value is -2.73. The number of hydrogen-bond acceptors (Lipinski definition) is 6. The number of rotatable bonds is 3. The van der Waals surface area contributed by atoms with E-state index in [1.54, 1.807) is 25.1 Å². The average molecular weight is 454 g/mol. The van der Waals surface area contributed by atoms with Gasteiger partial charge in [-0.2, -0.15) is 0 Å². The lowest BCUT2D eigenvalue weighted by molar-refractivity contribution is 0.0660. The lowest BCUT2D eigenvalue weighted by Gasteiger charge is -2.36. The molecule has 3 aromatic rings. The summed E-state index contributed by atoms with van der Waals surface area (Å²) in [7, 11) is 2.17. The summed E-state index contributed by atoms with van der Waals surface area (Å²) >= 11 is 1.18. The van der Waals surface area contributed by atoms with E-state index in [1.165, 1.54) is 41.1 Å². The number of piperidine rings is 1. The Kier molecular flexibility index (Phi) is 5.49. The minimum absolute atomic E-state index is 0.0852. The molecule has 5 rings (SSSR count). The zero-order valence-electron chi connectivity index (χ0n) is 17.9. The third-order valence-electron chi connectivity index (χ3n) is 6.38. The summed E-state index contributed by atoms with van der Waals surface area (Å²) in [5, 5.41) is 9.33. The van der Waals surface area contributed by atoms with E-state index in [2.05, 4.69) is 28.8 Å². The van der Waals surface area contributed by atoms with Crippen molar-refractivity contribution >= 4 is 21.6 Å². The first-order chi connectivity index (χ1) is 15.4. The first-order valence-corrected chi connectivity index (χ1v) is 11.6. The lowest BCUT2D eigenvalue weighted by atomic mass is 10.0. The molecule has 2 unspecified atom stereocenters. The number of benzene rings is 1. The molecular weight excluding hydrogens is 429 g/mol. The maximum absolute atomic E-state index is 15.0. The van der Waals surface area contributed by atoms with E-state index < -0.39 is 11.9 Å². The molecule has 0 spiro atoms. The summed E-state index contributed by atoms with van der Waals surface area (Å²) in [6.45, 7) is 1.57. The number of hydrogen-bond donors (Lipinski definition) is 1. The van der Waals surface area contributed by atoms with Gasteiger partial charge in [-0.05, 0) is 57.9 Å². The van der Waals surface area contributed by atoms with E-state index in [0.717, 1.165) is 12.8 Å². The van der Waals surface area contributed by atoms with Gasteiger partial charge in [-0.1, -0.05) is 11.8 Å². The highest BCUT2D eigenvalue weighted by molar-refractivity contribution is 7.19. The summed E-state index contributed by atoms with van der Waals surface area (Å²) in [6.07, 6.45) is 4.95. The molecule has 0 radical (unpaired) electrons. The number of thiophene rings is 1. The predicted octanol–water partition coefficient (Wildman–Crippen LogP) is 3.32. The van der Waals surface area contributed by atoms with Gasteiger partial charge in [0.15, 0.2) is 5.82 Å². The molecule has 2 fully saturated rings. The normalized spacial score (nSPS) is 23.7. The fourth-order valence-corrected chi connectivity index (χ4v) is 5.63. The Morgan fingerprint density at radius 1 is 1.28 bits per heavy atom. The Balaban J connectivity index is 1.40. The summed E-state index contributed by atoms with van der Waals surface area (Å²) in [6, 6.07) is 7.40. The van der Waals surface area contributed by atoms with Crippen LogP contribution in [0.5, 0.6) is 5.75 Å². The van der Waals surface area contributed by atoms with Crippen molar-refractivity contribution < 1.29 is 14.2 Å². The van der Waals surface area contributed by atoms with Crippen LogP contribution in [0.25, 0.3) is 15.9 Å². The standard InChI is InChI=1S/C24H24FN3O3S/c1-14(29)3-7-19-12-21-23(32-19)24(30)28(13-26-21)22-8-6-17(11-20(22)25)31-18-9-15-4-5-16(10-18)27(15)2/h6,8,11-16,18,29H,4-5,9-10H2,1-2H3/t14?,15-,16+,18?. The van der Waals surface area contributed by atoms with Crippen molar-refractivity contribution in [2.45, 2.75) is 56.9 Å². The molecule has 2 bridgehead atoms. The summed E-state index contributed by atoms with van der Waals surface area (Å²) < 4.78 is 22.7.